The zero-order chi connectivity index (χ0) is 21.8. The maximum absolute atomic E-state index is 12.3. The van der Waals surface area contributed by atoms with Crippen LogP contribution < -0.4 is 5.32 Å². The monoisotopic (exact) mass is 442 g/mol. The summed E-state index contributed by atoms with van der Waals surface area (Å²) in [5.74, 6) is -0.364. The number of carboxylic acid groups (broad SMARTS) is 1. The average molecular weight is 443 g/mol. The number of aryl methyl sites for hydroxylation is 1. The van der Waals surface area contributed by atoms with Gasteiger partial charge in [-0.15, -0.1) is 16.4 Å². The molecule has 0 aromatic carbocycles. The molecule has 1 aliphatic rings. The Morgan fingerprint density at radius 1 is 1.32 bits per heavy atom. The highest BCUT2D eigenvalue weighted by molar-refractivity contribution is 7.12. The molecule has 1 saturated carbocycles. The Labute approximate surface area is 184 Å². The van der Waals surface area contributed by atoms with Crippen LogP contribution >= 0.6 is 11.3 Å². The van der Waals surface area contributed by atoms with E-state index in [4.69, 9.17) is 4.42 Å². The van der Waals surface area contributed by atoms with Crippen molar-refractivity contribution in [2.75, 3.05) is 6.54 Å². The number of hydrogen-bond donors (Lipinski definition) is 2. The number of carbonyl (C=O) groups excluding carboxylic acids is 1. The quantitative estimate of drug-likeness (QED) is 0.551. The van der Waals surface area contributed by atoms with Crippen LogP contribution in [0.1, 0.15) is 63.2 Å². The highest BCUT2D eigenvalue weighted by atomic mass is 32.1. The summed E-state index contributed by atoms with van der Waals surface area (Å²) in [6.07, 6.45) is 7.90. The number of nitrogens with zero attached hydrogens (tertiary/aromatic N) is 3. The summed E-state index contributed by atoms with van der Waals surface area (Å²) in [6, 6.07) is 5.70. The van der Waals surface area contributed by atoms with E-state index >= 15 is 0 Å². The number of aromatic carboxylic acids is 1. The van der Waals surface area contributed by atoms with Crippen LogP contribution in [0.5, 0.6) is 0 Å². The minimum Gasteiger partial charge on any atom is -0.475 e. The van der Waals surface area contributed by atoms with E-state index in [0.717, 1.165) is 36.3 Å². The Bertz CT molecular complexity index is 1050. The lowest BCUT2D eigenvalue weighted by molar-refractivity contribution is -0.120. The van der Waals surface area contributed by atoms with Gasteiger partial charge in [0.1, 0.15) is 0 Å². The predicted molar refractivity (Wildman–Crippen MR) is 115 cm³/mol. The van der Waals surface area contributed by atoms with Crippen molar-refractivity contribution in [3.8, 4) is 0 Å². The number of amides is 1. The zero-order valence-electron chi connectivity index (χ0n) is 17.4. The fraction of sp³-hybridized carbons (Fsp3) is 0.455. The molecule has 2 atom stereocenters. The molecule has 8 nitrogen and oxygen atoms in total. The van der Waals surface area contributed by atoms with Gasteiger partial charge in [0, 0.05) is 34.0 Å². The summed E-state index contributed by atoms with van der Waals surface area (Å²) in [5, 5.41) is 20.8. The molecule has 164 valence electrons. The fourth-order valence-electron chi connectivity index (χ4n) is 4.20. The number of aromatic nitrogens is 3. The third-order valence-electron chi connectivity index (χ3n) is 5.75. The van der Waals surface area contributed by atoms with Crippen molar-refractivity contribution in [3.05, 3.63) is 57.4 Å². The minimum absolute atomic E-state index is 0.0665. The van der Waals surface area contributed by atoms with Gasteiger partial charge >= 0.3 is 5.97 Å². The second-order valence-corrected chi connectivity index (χ2v) is 9.52. The van der Waals surface area contributed by atoms with Crippen LogP contribution in [0, 0.1) is 12.8 Å². The third-order valence-corrected chi connectivity index (χ3v) is 6.75. The van der Waals surface area contributed by atoms with Crippen molar-refractivity contribution < 1.29 is 19.1 Å². The average Bonchev–Trinajstić information content (AvgIpc) is 3.49. The van der Waals surface area contributed by atoms with Crippen molar-refractivity contribution in [1.82, 2.24) is 20.3 Å². The molecule has 4 rings (SSSR count). The summed E-state index contributed by atoms with van der Waals surface area (Å²) < 4.78 is 6.68. The SMILES string of the molecule is Cc1ccc(CC(=O)NC[C@@H]2CCC[C@H](c3cn(Cc4ccoc4C(=O)O)nn3)C2)s1. The van der Waals surface area contributed by atoms with Gasteiger partial charge in [-0.3, -0.25) is 4.79 Å². The highest BCUT2D eigenvalue weighted by Gasteiger charge is 2.26. The molecule has 1 fully saturated rings. The van der Waals surface area contributed by atoms with Crippen molar-refractivity contribution >= 4 is 23.2 Å². The summed E-state index contributed by atoms with van der Waals surface area (Å²) >= 11 is 1.66. The first-order valence-electron chi connectivity index (χ1n) is 10.5. The topological polar surface area (TPSA) is 110 Å². The maximum atomic E-state index is 12.3. The van der Waals surface area contributed by atoms with Gasteiger partial charge in [-0.2, -0.15) is 0 Å². The first-order valence-corrected chi connectivity index (χ1v) is 11.3. The number of carbonyl (C=O) groups is 2. The Morgan fingerprint density at radius 3 is 2.97 bits per heavy atom. The molecule has 3 aromatic heterocycles. The first-order chi connectivity index (χ1) is 15.0. The van der Waals surface area contributed by atoms with Gasteiger partial charge in [0.25, 0.3) is 0 Å². The van der Waals surface area contributed by atoms with Gasteiger partial charge in [0.05, 0.1) is 24.9 Å². The van der Waals surface area contributed by atoms with Crippen molar-refractivity contribution in [2.24, 2.45) is 5.92 Å². The number of nitrogens with one attached hydrogen (secondary N) is 1. The number of thiophene rings is 1. The molecule has 0 aliphatic heterocycles. The van der Waals surface area contributed by atoms with E-state index in [1.807, 2.05) is 25.3 Å². The molecule has 1 aliphatic carbocycles. The predicted octanol–water partition coefficient (Wildman–Crippen LogP) is 3.62. The number of furan rings is 1. The van der Waals surface area contributed by atoms with Gasteiger partial charge in [-0.1, -0.05) is 11.6 Å². The number of hydrogen-bond acceptors (Lipinski definition) is 6. The molecule has 31 heavy (non-hydrogen) atoms. The van der Waals surface area contributed by atoms with Gasteiger partial charge in [0.15, 0.2) is 0 Å². The van der Waals surface area contributed by atoms with Crippen LogP contribution in [0.15, 0.2) is 35.1 Å². The summed E-state index contributed by atoms with van der Waals surface area (Å²) in [4.78, 5) is 25.8. The largest absolute Gasteiger partial charge is 0.475 e. The summed E-state index contributed by atoms with van der Waals surface area (Å²) in [7, 11) is 0. The minimum atomic E-state index is -1.09. The molecule has 0 saturated heterocycles. The molecule has 0 unspecified atom stereocenters. The van der Waals surface area contributed by atoms with Gasteiger partial charge < -0.3 is 14.8 Å². The molecule has 0 bridgehead atoms. The van der Waals surface area contributed by atoms with Crippen molar-refractivity contribution in [3.63, 3.8) is 0 Å². The second kappa shape index (κ2) is 9.47. The Kier molecular flexibility index (Phi) is 6.50. The van der Waals surface area contributed by atoms with Crippen LogP contribution in [0.25, 0.3) is 0 Å². The van der Waals surface area contributed by atoms with E-state index in [1.165, 1.54) is 11.1 Å². The first kappa shape index (κ1) is 21.3. The van der Waals surface area contributed by atoms with E-state index in [9.17, 15) is 14.7 Å². The van der Waals surface area contributed by atoms with Crippen LogP contribution in [-0.4, -0.2) is 38.5 Å². The molecular weight excluding hydrogens is 416 g/mol. The zero-order valence-corrected chi connectivity index (χ0v) is 18.2. The third kappa shape index (κ3) is 5.41. The lowest BCUT2D eigenvalue weighted by atomic mass is 9.80. The van der Waals surface area contributed by atoms with E-state index in [2.05, 4.69) is 15.6 Å². The highest BCUT2D eigenvalue weighted by Crippen LogP contribution is 2.35. The van der Waals surface area contributed by atoms with E-state index in [0.29, 0.717) is 36.9 Å². The van der Waals surface area contributed by atoms with Crippen LogP contribution in [0.4, 0.5) is 0 Å². The van der Waals surface area contributed by atoms with E-state index in [-0.39, 0.29) is 11.7 Å². The summed E-state index contributed by atoms with van der Waals surface area (Å²) in [6.45, 7) is 3.04. The molecule has 2 N–H and O–H groups in total. The molecule has 3 heterocycles. The molecule has 9 heteroatoms. The Balaban J connectivity index is 1.30. The standard InChI is InChI=1S/C22H26N4O4S/c1-14-5-6-18(31-14)10-20(27)23-11-15-3-2-4-16(9-15)19-13-26(25-24-19)12-17-7-8-30-21(17)22(28)29/h5-8,13,15-16H,2-4,9-12H2,1H3,(H,23,27)(H,28,29)/t15-,16+/m1/s1. The van der Waals surface area contributed by atoms with E-state index < -0.39 is 5.97 Å². The molecular formula is C22H26N4O4S. The summed E-state index contributed by atoms with van der Waals surface area (Å²) in [5.41, 5.74) is 1.49. The lowest BCUT2D eigenvalue weighted by Gasteiger charge is -2.28. The Hall–Kier alpha value is -2.94. The lowest BCUT2D eigenvalue weighted by Crippen LogP contribution is -2.32. The maximum Gasteiger partial charge on any atom is 0.372 e. The smallest absolute Gasteiger partial charge is 0.372 e. The second-order valence-electron chi connectivity index (χ2n) is 8.14. The number of carboxylic acids is 1. The molecule has 1 amide bonds. The fourth-order valence-corrected chi connectivity index (χ4v) is 5.09. The van der Waals surface area contributed by atoms with E-state index in [1.54, 1.807) is 22.1 Å². The van der Waals surface area contributed by atoms with Gasteiger partial charge in [0.2, 0.25) is 11.7 Å². The molecule has 0 radical (unpaired) electrons. The normalized spacial score (nSPS) is 18.7. The van der Waals surface area contributed by atoms with Crippen molar-refractivity contribution in [1.29, 1.82) is 0 Å². The van der Waals surface area contributed by atoms with Gasteiger partial charge in [-0.25, -0.2) is 9.48 Å². The van der Waals surface area contributed by atoms with Crippen molar-refractivity contribution in [2.45, 2.75) is 51.5 Å². The van der Waals surface area contributed by atoms with Crippen LogP contribution in [-0.2, 0) is 17.8 Å². The van der Waals surface area contributed by atoms with Crippen LogP contribution in [0.2, 0.25) is 0 Å². The van der Waals surface area contributed by atoms with Crippen LogP contribution in [0.3, 0.4) is 0 Å². The number of rotatable bonds is 8. The Morgan fingerprint density at radius 2 is 2.19 bits per heavy atom. The molecule has 3 aromatic rings. The van der Waals surface area contributed by atoms with Gasteiger partial charge in [-0.05, 0) is 50.3 Å². The molecule has 0 spiro atoms.